The lowest BCUT2D eigenvalue weighted by Gasteiger charge is -2.24. The van der Waals surface area contributed by atoms with Gasteiger partial charge in [-0.15, -0.1) is 0 Å². The highest BCUT2D eigenvalue weighted by Gasteiger charge is 2.28. The summed E-state index contributed by atoms with van der Waals surface area (Å²) in [5.74, 6) is 0.0556. The fraction of sp³-hybridized carbons (Fsp3) is 0.0417. The van der Waals surface area contributed by atoms with Crippen LogP contribution < -0.4 is 0 Å². The zero-order valence-corrected chi connectivity index (χ0v) is 27.2. The van der Waals surface area contributed by atoms with Gasteiger partial charge in [0.25, 0.3) is 0 Å². The Morgan fingerprint density at radius 2 is 0.960 bits per heavy atom. The van der Waals surface area contributed by atoms with Crippen molar-refractivity contribution in [3.8, 4) is 11.1 Å². The van der Waals surface area contributed by atoms with E-state index in [1.165, 1.54) is 54.6 Å². The molecule has 1 aliphatic carbocycles. The molecule has 2 heteroatoms. The van der Waals surface area contributed by atoms with Crippen LogP contribution >= 0.6 is 0 Å². The number of fused-ring (bicyclic) bond motifs is 9. The minimum absolute atomic E-state index is 0.0556. The maximum Gasteiger partial charge on any atom is 0.142 e. The van der Waals surface area contributed by atoms with Crippen molar-refractivity contribution in [3.63, 3.8) is 0 Å². The SMILES string of the molecule is C1=CC(c2c3oc4ccccc4c3cc3c2oc2ccccc23)CC(c2c3ccccc3c(-c3ccc4ccccc4c3)c3ccccc23)=C1. The normalized spacial score (nSPS) is 15.0. The van der Waals surface area contributed by atoms with Gasteiger partial charge in [-0.05, 0) is 85.3 Å². The third-order valence-electron chi connectivity index (χ3n) is 10.8. The number of benzene rings is 8. The Morgan fingerprint density at radius 1 is 0.440 bits per heavy atom. The van der Waals surface area contributed by atoms with Gasteiger partial charge in [-0.1, -0.05) is 140 Å². The van der Waals surface area contributed by atoms with Crippen LogP contribution in [0.3, 0.4) is 0 Å². The Bertz CT molecular complexity index is 2930. The average molecular weight is 639 g/mol. The summed E-state index contributed by atoms with van der Waals surface area (Å²) < 4.78 is 13.4. The predicted molar refractivity (Wildman–Crippen MR) is 210 cm³/mol. The molecule has 0 saturated carbocycles. The van der Waals surface area contributed by atoms with Crippen LogP contribution in [0.2, 0.25) is 0 Å². The summed E-state index contributed by atoms with van der Waals surface area (Å²) in [5, 5.41) is 12.1. The summed E-state index contributed by atoms with van der Waals surface area (Å²) >= 11 is 0. The second-order valence-electron chi connectivity index (χ2n) is 13.5. The van der Waals surface area contributed by atoms with Crippen molar-refractivity contribution in [1.82, 2.24) is 0 Å². The van der Waals surface area contributed by atoms with Crippen LogP contribution in [0.1, 0.15) is 23.5 Å². The second kappa shape index (κ2) is 10.6. The average Bonchev–Trinajstić information content (AvgIpc) is 3.74. The van der Waals surface area contributed by atoms with E-state index in [0.29, 0.717) is 0 Å². The van der Waals surface area contributed by atoms with E-state index in [0.717, 1.165) is 55.9 Å². The van der Waals surface area contributed by atoms with Gasteiger partial charge in [0.05, 0.1) is 0 Å². The van der Waals surface area contributed by atoms with Crippen LogP contribution in [0.5, 0.6) is 0 Å². The van der Waals surface area contributed by atoms with Gasteiger partial charge in [-0.2, -0.15) is 0 Å². The minimum Gasteiger partial charge on any atom is -0.456 e. The first-order valence-electron chi connectivity index (χ1n) is 17.4. The highest BCUT2D eigenvalue weighted by atomic mass is 16.3. The van der Waals surface area contributed by atoms with Crippen molar-refractivity contribution >= 4 is 81.8 Å². The van der Waals surface area contributed by atoms with Gasteiger partial charge in [0.2, 0.25) is 0 Å². The molecule has 0 spiro atoms. The summed E-state index contributed by atoms with van der Waals surface area (Å²) in [6.07, 6.45) is 7.70. The Labute approximate surface area is 288 Å². The molecule has 0 bridgehead atoms. The summed E-state index contributed by atoms with van der Waals surface area (Å²) in [5.41, 5.74) is 9.88. The van der Waals surface area contributed by atoms with Gasteiger partial charge in [-0.25, -0.2) is 0 Å². The van der Waals surface area contributed by atoms with Gasteiger partial charge < -0.3 is 8.83 Å². The smallest absolute Gasteiger partial charge is 0.142 e. The molecule has 1 unspecified atom stereocenters. The quantitative estimate of drug-likeness (QED) is 0.180. The topological polar surface area (TPSA) is 26.3 Å². The summed E-state index contributed by atoms with van der Waals surface area (Å²) in [6.45, 7) is 0. The molecule has 0 aliphatic heterocycles. The van der Waals surface area contributed by atoms with Gasteiger partial charge >= 0.3 is 0 Å². The van der Waals surface area contributed by atoms with Crippen LogP contribution in [0.4, 0.5) is 0 Å². The Morgan fingerprint density at radius 3 is 1.58 bits per heavy atom. The lowest BCUT2D eigenvalue weighted by Crippen LogP contribution is -2.03. The van der Waals surface area contributed by atoms with Crippen molar-refractivity contribution in [2.75, 3.05) is 0 Å². The van der Waals surface area contributed by atoms with Crippen LogP contribution in [0, 0.1) is 0 Å². The van der Waals surface area contributed by atoms with Gasteiger partial charge in [0.15, 0.2) is 0 Å². The number of rotatable bonds is 3. The predicted octanol–water partition coefficient (Wildman–Crippen LogP) is 13.7. The lowest BCUT2D eigenvalue weighted by atomic mass is 9.80. The zero-order valence-electron chi connectivity index (χ0n) is 27.2. The maximum atomic E-state index is 6.70. The third kappa shape index (κ3) is 3.96. The Balaban J connectivity index is 1.14. The number of hydrogen-bond donors (Lipinski definition) is 0. The monoisotopic (exact) mass is 638 g/mol. The van der Waals surface area contributed by atoms with Gasteiger partial charge in [0, 0.05) is 33.0 Å². The van der Waals surface area contributed by atoms with Crippen molar-refractivity contribution in [1.29, 1.82) is 0 Å². The van der Waals surface area contributed by atoms with Crippen LogP contribution in [-0.4, -0.2) is 0 Å². The van der Waals surface area contributed by atoms with E-state index in [1.54, 1.807) is 0 Å². The first-order valence-corrected chi connectivity index (χ1v) is 17.4. The maximum absolute atomic E-state index is 6.70. The minimum atomic E-state index is 0.0556. The molecule has 1 atom stereocenters. The van der Waals surface area contributed by atoms with E-state index in [-0.39, 0.29) is 5.92 Å². The standard InChI is InChI=1S/C48H30O2/c1-2-13-30-26-33(25-24-29(30)12-1)45-38-20-5-3-18-36(38)44(37-19-4-6-21-39(37)45)31-14-11-15-32(27-31)46-47-40(34-16-7-9-22-42(34)49-47)28-41-35-17-8-10-23-43(35)50-48(41)46/h1-26,28,32H,27H2. The van der Waals surface area contributed by atoms with Crippen molar-refractivity contribution in [2.45, 2.75) is 12.3 Å². The fourth-order valence-electron chi connectivity index (χ4n) is 8.59. The molecule has 2 nitrogen and oxygen atoms in total. The van der Waals surface area contributed by atoms with Crippen LogP contribution in [0.15, 0.2) is 173 Å². The van der Waals surface area contributed by atoms with E-state index < -0.39 is 0 Å². The largest absolute Gasteiger partial charge is 0.456 e. The number of hydrogen-bond acceptors (Lipinski definition) is 2. The van der Waals surface area contributed by atoms with E-state index in [4.69, 9.17) is 8.83 Å². The highest BCUT2D eigenvalue weighted by Crippen LogP contribution is 2.49. The highest BCUT2D eigenvalue weighted by molar-refractivity contribution is 6.20. The molecule has 0 amide bonds. The Kier molecular flexibility index (Phi) is 5.82. The van der Waals surface area contributed by atoms with Crippen molar-refractivity contribution in [3.05, 3.63) is 175 Å². The molecular formula is C48H30O2. The molecule has 2 heterocycles. The summed E-state index contributed by atoms with van der Waals surface area (Å²) in [4.78, 5) is 0. The number of para-hydroxylation sites is 2. The molecule has 234 valence electrons. The number of allylic oxidation sites excluding steroid dienone is 4. The van der Waals surface area contributed by atoms with Gasteiger partial charge in [0.1, 0.15) is 22.3 Å². The molecule has 0 radical (unpaired) electrons. The summed E-state index contributed by atoms with van der Waals surface area (Å²) in [6, 6.07) is 52.4. The van der Waals surface area contributed by atoms with E-state index in [2.05, 4.69) is 152 Å². The first kappa shape index (κ1) is 27.6. The van der Waals surface area contributed by atoms with Crippen LogP contribution in [0.25, 0.3) is 92.9 Å². The second-order valence-corrected chi connectivity index (χ2v) is 13.5. The van der Waals surface area contributed by atoms with E-state index >= 15 is 0 Å². The molecule has 0 fully saturated rings. The zero-order chi connectivity index (χ0) is 32.8. The third-order valence-corrected chi connectivity index (χ3v) is 10.8. The van der Waals surface area contributed by atoms with Crippen molar-refractivity contribution in [2.24, 2.45) is 0 Å². The summed E-state index contributed by atoms with van der Waals surface area (Å²) in [7, 11) is 0. The molecule has 1 aliphatic rings. The molecule has 50 heavy (non-hydrogen) atoms. The molecule has 10 aromatic rings. The van der Waals surface area contributed by atoms with Crippen molar-refractivity contribution < 1.29 is 8.83 Å². The molecule has 0 saturated heterocycles. The molecular weight excluding hydrogens is 609 g/mol. The lowest BCUT2D eigenvalue weighted by molar-refractivity contribution is 0.638. The molecule has 0 N–H and O–H groups in total. The first-order chi connectivity index (χ1) is 24.8. The Hall–Kier alpha value is -6.38. The van der Waals surface area contributed by atoms with Gasteiger partial charge in [-0.3, -0.25) is 0 Å². The number of furan rings is 2. The van der Waals surface area contributed by atoms with E-state index in [9.17, 15) is 0 Å². The molecule has 11 rings (SSSR count). The fourth-order valence-corrected chi connectivity index (χ4v) is 8.59. The molecule has 8 aromatic carbocycles. The molecule has 2 aromatic heterocycles. The van der Waals surface area contributed by atoms with Crippen LogP contribution in [-0.2, 0) is 0 Å². The van der Waals surface area contributed by atoms with E-state index in [1.807, 2.05) is 12.1 Å².